The average Bonchev–Trinajstić information content (AvgIpc) is 3.74. The van der Waals surface area contributed by atoms with Crippen LogP contribution < -0.4 is 10.2 Å². The molecule has 5 heterocycles. The summed E-state index contributed by atoms with van der Waals surface area (Å²) in [6.45, 7) is 18.4. The van der Waals surface area contributed by atoms with Gasteiger partial charge >= 0.3 is 12.3 Å². The molecule has 3 aliphatic heterocycles. The monoisotopic (exact) mass is 759 g/mol. The summed E-state index contributed by atoms with van der Waals surface area (Å²) >= 11 is 0. The first-order valence-electron chi connectivity index (χ1n) is 19.0. The normalized spacial score (nSPS) is 20.3. The van der Waals surface area contributed by atoms with Crippen molar-refractivity contribution in [3.63, 3.8) is 0 Å². The Labute approximate surface area is 312 Å². The highest BCUT2D eigenvalue weighted by Crippen LogP contribution is 2.37. The van der Waals surface area contributed by atoms with Crippen molar-refractivity contribution in [1.82, 2.24) is 24.3 Å². The maximum absolute atomic E-state index is 14.6. The maximum Gasteiger partial charge on any atom is 0.410 e. The first kappa shape index (κ1) is 39.3. The molecule has 3 aliphatic rings. The van der Waals surface area contributed by atoms with E-state index >= 15 is 0 Å². The van der Waals surface area contributed by atoms with E-state index in [1.807, 2.05) is 37.5 Å². The van der Waals surface area contributed by atoms with E-state index in [9.17, 15) is 18.0 Å². The largest absolute Gasteiger partial charge is 0.444 e. The zero-order valence-corrected chi connectivity index (χ0v) is 33.0. The number of amides is 1. The Hall–Kier alpha value is -3.40. The van der Waals surface area contributed by atoms with Gasteiger partial charge in [-0.25, -0.2) is 14.8 Å². The van der Waals surface area contributed by atoms with E-state index in [2.05, 4.69) is 50.8 Å². The Bertz CT molecular complexity index is 1680. The number of carbonyl (C=O) groups excluding carboxylic acids is 1. The molecule has 292 valence electrons. The Morgan fingerprint density at radius 1 is 1.00 bits per heavy atom. The summed E-state index contributed by atoms with van der Waals surface area (Å²) in [5.74, 6) is 0.272. The van der Waals surface area contributed by atoms with Gasteiger partial charge in [-0.1, -0.05) is 31.8 Å². The van der Waals surface area contributed by atoms with Gasteiger partial charge in [-0.3, -0.25) is 4.90 Å². The Morgan fingerprint density at radius 3 is 2.34 bits per heavy atom. The second-order valence-electron chi connectivity index (χ2n) is 16.8. The Kier molecular flexibility index (Phi) is 12.0. The number of nitrogens with one attached hydrogen (secondary N) is 1. The predicted molar refractivity (Wildman–Crippen MR) is 204 cm³/mol. The van der Waals surface area contributed by atoms with Crippen molar-refractivity contribution in [3.05, 3.63) is 36.7 Å². The first-order valence-corrected chi connectivity index (χ1v) is 22.7. The molecule has 1 N–H and O–H groups in total. The quantitative estimate of drug-likeness (QED) is 0.160. The number of benzene rings is 1. The Balaban J connectivity index is 1.15. The molecule has 3 saturated heterocycles. The number of likely N-dealkylation sites (tertiary alicyclic amines) is 2. The van der Waals surface area contributed by atoms with Crippen LogP contribution in [0.4, 0.5) is 29.5 Å². The maximum atomic E-state index is 14.6. The van der Waals surface area contributed by atoms with Gasteiger partial charge in [-0.05, 0) is 88.8 Å². The minimum Gasteiger partial charge on any atom is -0.444 e. The zero-order valence-electron chi connectivity index (χ0n) is 32.0. The lowest BCUT2D eigenvalue weighted by Gasteiger charge is -2.39. The SMILES string of the molecule is CC(C)(C)OC(=O)N1CCC(N2CCC([C@H](Nc3ccc(-c4cc5c(N6CCOCC6)ncnc5n4COCC[Si](C)(C)C)cc3)C(F)(F)F)CC2)C1. The fourth-order valence-electron chi connectivity index (χ4n) is 7.52. The highest BCUT2D eigenvalue weighted by Gasteiger charge is 2.46. The molecule has 2 aromatic heterocycles. The molecule has 3 aromatic rings. The number of aromatic nitrogens is 3. The van der Waals surface area contributed by atoms with Crippen molar-refractivity contribution in [2.45, 2.75) is 96.3 Å². The van der Waals surface area contributed by atoms with Crippen molar-refractivity contribution in [2.75, 3.05) is 69.3 Å². The fraction of sp³-hybridized carbons (Fsp3) is 0.658. The number of piperidine rings is 1. The summed E-state index contributed by atoms with van der Waals surface area (Å²) < 4.78 is 63.2. The van der Waals surface area contributed by atoms with Crippen molar-refractivity contribution in [1.29, 1.82) is 0 Å². The van der Waals surface area contributed by atoms with Crippen LogP contribution in [0.25, 0.3) is 22.3 Å². The van der Waals surface area contributed by atoms with E-state index < -0.39 is 31.8 Å². The van der Waals surface area contributed by atoms with Gasteiger partial charge in [0.2, 0.25) is 0 Å². The first-order chi connectivity index (χ1) is 25.1. The van der Waals surface area contributed by atoms with Gasteiger partial charge in [0, 0.05) is 52.6 Å². The summed E-state index contributed by atoms with van der Waals surface area (Å²) in [4.78, 5) is 28.0. The van der Waals surface area contributed by atoms with Crippen LogP contribution in [-0.4, -0.2) is 121 Å². The average molecular weight is 760 g/mol. The molecule has 53 heavy (non-hydrogen) atoms. The van der Waals surface area contributed by atoms with Gasteiger partial charge in [0.15, 0.2) is 0 Å². The van der Waals surface area contributed by atoms with Gasteiger partial charge in [0.05, 0.1) is 24.3 Å². The molecule has 0 radical (unpaired) electrons. The van der Waals surface area contributed by atoms with Crippen LogP contribution in [0.1, 0.15) is 40.0 Å². The topological polar surface area (TPSA) is 97.2 Å². The van der Waals surface area contributed by atoms with Gasteiger partial charge in [0.25, 0.3) is 0 Å². The molecule has 0 saturated carbocycles. The van der Waals surface area contributed by atoms with E-state index in [0.717, 1.165) is 53.7 Å². The van der Waals surface area contributed by atoms with Gasteiger partial charge < -0.3 is 33.9 Å². The number of rotatable bonds is 11. The van der Waals surface area contributed by atoms with Crippen LogP contribution in [0, 0.1) is 5.92 Å². The molecule has 3 fully saturated rings. The van der Waals surface area contributed by atoms with Crippen LogP contribution >= 0.6 is 0 Å². The zero-order chi connectivity index (χ0) is 38.0. The van der Waals surface area contributed by atoms with Crippen molar-refractivity contribution < 1.29 is 32.2 Å². The number of hydrogen-bond donors (Lipinski definition) is 1. The number of morpholine rings is 1. The number of anilines is 2. The molecule has 15 heteroatoms. The predicted octanol–water partition coefficient (Wildman–Crippen LogP) is 7.31. The second-order valence-corrected chi connectivity index (χ2v) is 22.4. The molecule has 11 nitrogen and oxygen atoms in total. The molecule has 1 aromatic carbocycles. The smallest absolute Gasteiger partial charge is 0.410 e. The minimum absolute atomic E-state index is 0.130. The van der Waals surface area contributed by atoms with E-state index in [1.165, 1.54) is 0 Å². The third-order valence-electron chi connectivity index (χ3n) is 10.4. The summed E-state index contributed by atoms with van der Waals surface area (Å²) in [5.41, 5.74) is 2.32. The summed E-state index contributed by atoms with van der Waals surface area (Å²) in [5, 5.41) is 3.77. The summed E-state index contributed by atoms with van der Waals surface area (Å²) in [6, 6.07) is 8.75. The van der Waals surface area contributed by atoms with Crippen molar-refractivity contribution in [3.8, 4) is 11.3 Å². The number of nitrogens with zero attached hydrogens (tertiary/aromatic N) is 6. The minimum atomic E-state index is -4.42. The number of fused-ring (bicyclic) bond motifs is 1. The van der Waals surface area contributed by atoms with Crippen LogP contribution in [0.5, 0.6) is 0 Å². The molecule has 1 amide bonds. The lowest BCUT2D eigenvalue weighted by molar-refractivity contribution is -0.157. The van der Waals surface area contributed by atoms with Crippen LogP contribution in [0.3, 0.4) is 0 Å². The van der Waals surface area contributed by atoms with Crippen LogP contribution in [-0.2, 0) is 20.9 Å². The number of alkyl halides is 3. The molecule has 0 spiro atoms. The van der Waals surface area contributed by atoms with Gasteiger partial charge in [-0.2, -0.15) is 13.2 Å². The highest BCUT2D eigenvalue weighted by atomic mass is 28.3. The lowest BCUT2D eigenvalue weighted by Crippen LogP contribution is -2.50. The number of carbonyl (C=O) groups is 1. The van der Waals surface area contributed by atoms with Crippen LogP contribution in [0.15, 0.2) is 36.7 Å². The van der Waals surface area contributed by atoms with E-state index in [-0.39, 0.29) is 12.1 Å². The van der Waals surface area contributed by atoms with E-state index in [0.29, 0.717) is 71.3 Å². The molecular formula is C38H56F3N7O4Si. The van der Waals surface area contributed by atoms with Crippen LogP contribution in [0.2, 0.25) is 25.7 Å². The third-order valence-corrected chi connectivity index (χ3v) is 12.1. The fourth-order valence-corrected chi connectivity index (χ4v) is 8.27. The standard InChI is InChI=1S/C38H56F3N7O4Si/c1-37(2,3)52-36(49)47-16-13-30(24-47)45-14-11-28(12-15-45)33(38(39,40)41)44-29-9-7-27(8-10-29)32-23-31-34(46-17-19-50-20-18-46)42-25-43-35(31)48(32)26-51-21-22-53(4,5)6/h7-10,23,25,28,30,33,44H,11-22,24,26H2,1-6H3/t30?,33-/m0/s1. The lowest BCUT2D eigenvalue weighted by atomic mass is 9.88. The van der Waals surface area contributed by atoms with Crippen molar-refractivity contribution in [2.24, 2.45) is 5.92 Å². The number of hydrogen-bond acceptors (Lipinski definition) is 9. The summed E-state index contributed by atoms with van der Waals surface area (Å²) in [6.07, 6.45) is -1.54. The van der Waals surface area contributed by atoms with Gasteiger partial charge in [0.1, 0.15) is 36.2 Å². The molecule has 0 bridgehead atoms. The molecular weight excluding hydrogens is 704 g/mol. The summed E-state index contributed by atoms with van der Waals surface area (Å²) in [7, 11) is -1.30. The number of halogens is 3. The Morgan fingerprint density at radius 2 is 1.70 bits per heavy atom. The van der Waals surface area contributed by atoms with Crippen molar-refractivity contribution >= 4 is 36.7 Å². The third kappa shape index (κ3) is 10.0. The molecule has 6 rings (SSSR count). The van der Waals surface area contributed by atoms with E-state index in [4.69, 9.17) is 14.2 Å². The highest BCUT2D eigenvalue weighted by molar-refractivity contribution is 6.76. The molecule has 2 atom stereocenters. The van der Waals surface area contributed by atoms with Gasteiger partial charge in [-0.15, -0.1) is 0 Å². The number of ether oxygens (including phenoxy) is 3. The van der Waals surface area contributed by atoms with E-state index in [1.54, 1.807) is 23.4 Å². The molecule has 0 aliphatic carbocycles. The second kappa shape index (κ2) is 16.1. The molecule has 1 unspecified atom stereocenters.